The lowest BCUT2D eigenvalue weighted by atomic mass is 10.0. The molecule has 1 fully saturated rings. The number of carboxylic acids is 1. The summed E-state index contributed by atoms with van der Waals surface area (Å²) in [7, 11) is 2.11. The fourth-order valence-electron chi connectivity index (χ4n) is 1.92. The van der Waals surface area contributed by atoms with E-state index >= 15 is 0 Å². The van der Waals surface area contributed by atoms with E-state index in [9.17, 15) is 14.7 Å². The zero-order valence-electron chi connectivity index (χ0n) is 9.99. The summed E-state index contributed by atoms with van der Waals surface area (Å²) in [6.45, 7) is 5.28. The van der Waals surface area contributed by atoms with Crippen molar-refractivity contribution in [1.29, 1.82) is 0 Å². The van der Waals surface area contributed by atoms with Gasteiger partial charge < -0.3 is 19.7 Å². The molecule has 1 aliphatic rings. The highest BCUT2D eigenvalue weighted by Gasteiger charge is 2.22. The SMILES string of the molecule is C[C@@H](CC(=O)[O-])CC(=O)N1CC[NH+](C)CC1. The van der Waals surface area contributed by atoms with Crippen LogP contribution in [-0.2, 0) is 9.59 Å². The molecule has 0 spiro atoms. The van der Waals surface area contributed by atoms with E-state index < -0.39 is 5.97 Å². The van der Waals surface area contributed by atoms with E-state index in [1.165, 1.54) is 4.90 Å². The Morgan fingerprint density at radius 2 is 1.88 bits per heavy atom. The Bertz CT molecular complexity index is 260. The molecule has 1 amide bonds. The molecule has 5 heteroatoms. The number of nitrogens with one attached hydrogen (secondary N) is 1. The molecule has 0 bridgehead atoms. The van der Waals surface area contributed by atoms with Crippen molar-refractivity contribution in [2.45, 2.75) is 19.8 Å². The molecule has 92 valence electrons. The van der Waals surface area contributed by atoms with Crippen LogP contribution in [0, 0.1) is 5.92 Å². The zero-order valence-corrected chi connectivity index (χ0v) is 9.99. The third-order valence-corrected chi connectivity index (χ3v) is 3.01. The third kappa shape index (κ3) is 4.18. The fraction of sp³-hybridized carbons (Fsp3) is 0.818. The minimum absolute atomic E-state index is 0.0370. The number of carbonyl (C=O) groups excluding carboxylic acids is 2. The molecular formula is C11H20N2O3. The zero-order chi connectivity index (χ0) is 12.1. The number of carbonyl (C=O) groups is 2. The number of likely N-dealkylation sites (N-methyl/N-ethyl adjacent to an activating group) is 1. The van der Waals surface area contributed by atoms with Crippen LogP contribution in [0.25, 0.3) is 0 Å². The van der Waals surface area contributed by atoms with Gasteiger partial charge in [-0.2, -0.15) is 0 Å². The number of hydrogen-bond donors (Lipinski definition) is 1. The van der Waals surface area contributed by atoms with Crippen LogP contribution in [-0.4, -0.2) is 50.0 Å². The number of quaternary nitrogens is 1. The van der Waals surface area contributed by atoms with Crippen LogP contribution in [0.2, 0.25) is 0 Å². The van der Waals surface area contributed by atoms with Crippen LogP contribution in [0.3, 0.4) is 0 Å². The predicted molar refractivity (Wildman–Crippen MR) is 56.6 cm³/mol. The van der Waals surface area contributed by atoms with Crippen molar-refractivity contribution in [3.05, 3.63) is 0 Å². The minimum Gasteiger partial charge on any atom is -0.550 e. The van der Waals surface area contributed by atoms with Crippen molar-refractivity contribution in [3.63, 3.8) is 0 Å². The molecule has 1 N–H and O–H groups in total. The second-order valence-electron chi connectivity index (χ2n) is 4.72. The maximum absolute atomic E-state index is 11.8. The lowest BCUT2D eigenvalue weighted by Crippen LogP contribution is -3.12. The van der Waals surface area contributed by atoms with Crippen molar-refractivity contribution >= 4 is 11.9 Å². The average molecular weight is 228 g/mol. The molecule has 1 saturated heterocycles. The Morgan fingerprint density at radius 1 is 1.31 bits per heavy atom. The molecular weight excluding hydrogens is 208 g/mol. The number of rotatable bonds is 4. The molecule has 0 saturated carbocycles. The van der Waals surface area contributed by atoms with Gasteiger partial charge >= 0.3 is 0 Å². The van der Waals surface area contributed by atoms with Gasteiger partial charge in [-0.15, -0.1) is 0 Å². The molecule has 1 aliphatic heterocycles. The topological polar surface area (TPSA) is 64.9 Å². The van der Waals surface area contributed by atoms with Crippen molar-refractivity contribution < 1.29 is 19.6 Å². The van der Waals surface area contributed by atoms with Gasteiger partial charge in [0.1, 0.15) is 0 Å². The first-order valence-corrected chi connectivity index (χ1v) is 5.78. The highest BCUT2D eigenvalue weighted by Crippen LogP contribution is 2.09. The lowest BCUT2D eigenvalue weighted by molar-refractivity contribution is -0.883. The third-order valence-electron chi connectivity index (χ3n) is 3.01. The smallest absolute Gasteiger partial charge is 0.223 e. The first-order valence-electron chi connectivity index (χ1n) is 5.78. The van der Waals surface area contributed by atoms with E-state index in [4.69, 9.17) is 0 Å². The molecule has 16 heavy (non-hydrogen) atoms. The van der Waals surface area contributed by atoms with E-state index in [1.54, 1.807) is 6.92 Å². The second-order valence-corrected chi connectivity index (χ2v) is 4.72. The summed E-state index contributed by atoms with van der Waals surface area (Å²) in [6.07, 6.45) is 0.276. The summed E-state index contributed by atoms with van der Waals surface area (Å²) >= 11 is 0. The number of amides is 1. The van der Waals surface area contributed by atoms with Crippen molar-refractivity contribution in [2.24, 2.45) is 5.92 Å². The van der Waals surface area contributed by atoms with Crippen LogP contribution < -0.4 is 10.0 Å². The average Bonchev–Trinajstić information content (AvgIpc) is 2.16. The van der Waals surface area contributed by atoms with Gasteiger partial charge in [0.25, 0.3) is 0 Å². The fourth-order valence-corrected chi connectivity index (χ4v) is 1.92. The molecule has 0 aromatic rings. The maximum atomic E-state index is 11.8. The summed E-state index contributed by atoms with van der Waals surface area (Å²) in [4.78, 5) is 25.4. The van der Waals surface area contributed by atoms with Gasteiger partial charge in [0.05, 0.1) is 33.2 Å². The van der Waals surface area contributed by atoms with Gasteiger partial charge in [-0.05, 0) is 12.3 Å². The molecule has 1 rings (SSSR count). The molecule has 0 radical (unpaired) electrons. The number of hydrogen-bond acceptors (Lipinski definition) is 3. The van der Waals surface area contributed by atoms with E-state index in [1.807, 2.05) is 4.90 Å². The lowest BCUT2D eigenvalue weighted by Gasteiger charge is -2.30. The van der Waals surface area contributed by atoms with Gasteiger partial charge in [0.15, 0.2) is 0 Å². The van der Waals surface area contributed by atoms with Crippen LogP contribution in [0.15, 0.2) is 0 Å². The number of piperazine rings is 1. The maximum Gasteiger partial charge on any atom is 0.223 e. The summed E-state index contributed by atoms with van der Waals surface area (Å²) in [5.41, 5.74) is 0. The van der Waals surface area contributed by atoms with E-state index in [-0.39, 0.29) is 18.2 Å². The molecule has 1 atom stereocenters. The van der Waals surface area contributed by atoms with Gasteiger partial charge in [-0.3, -0.25) is 4.79 Å². The summed E-state index contributed by atoms with van der Waals surface area (Å²) < 4.78 is 0. The summed E-state index contributed by atoms with van der Waals surface area (Å²) in [5.74, 6) is -1.14. The Morgan fingerprint density at radius 3 is 2.38 bits per heavy atom. The van der Waals surface area contributed by atoms with E-state index in [0.29, 0.717) is 6.42 Å². The van der Waals surface area contributed by atoms with Crippen LogP contribution in [0.5, 0.6) is 0 Å². The second kappa shape index (κ2) is 5.84. The first kappa shape index (κ1) is 13.0. The molecule has 0 aromatic carbocycles. The minimum atomic E-state index is -1.08. The van der Waals surface area contributed by atoms with Gasteiger partial charge in [0.2, 0.25) is 5.91 Å². The normalized spacial score (nSPS) is 19.5. The van der Waals surface area contributed by atoms with Crippen LogP contribution >= 0.6 is 0 Å². The van der Waals surface area contributed by atoms with E-state index in [0.717, 1.165) is 26.2 Å². The monoisotopic (exact) mass is 228 g/mol. The highest BCUT2D eigenvalue weighted by molar-refractivity contribution is 5.77. The Hall–Kier alpha value is -1.10. The van der Waals surface area contributed by atoms with Crippen molar-refractivity contribution in [3.8, 4) is 0 Å². The Kier molecular flexibility index (Phi) is 4.73. The van der Waals surface area contributed by atoms with Crippen molar-refractivity contribution in [1.82, 2.24) is 4.90 Å². The molecule has 0 unspecified atom stereocenters. The van der Waals surface area contributed by atoms with Gasteiger partial charge in [-0.25, -0.2) is 0 Å². The summed E-state index contributed by atoms with van der Waals surface area (Å²) in [6, 6.07) is 0. The number of carboxylic acid groups (broad SMARTS) is 1. The van der Waals surface area contributed by atoms with Crippen LogP contribution in [0.1, 0.15) is 19.8 Å². The quantitative estimate of drug-likeness (QED) is 0.579. The van der Waals surface area contributed by atoms with Gasteiger partial charge in [0, 0.05) is 12.4 Å². The summed E-state index contributed by atoms with van der Waals surface area (Å²) in [5, 5.41) is 10.4. The first-order chi connectivity index (χ1) is 7.49. The number of nitrogens with zero attached hydrogens (tertiary/aromatic N) is 1. The van der Waals surface area contributed by atoms with Crippen molar-refractivity contribution in [2.75, 3.05) is 33.2 Å². The predicted octanol–water partition coefficient (Wildman–Crippen LogP) is -2.49. The largest absolute Gasteiger partial charge is 0.550 e. The van der Waals surface area contributed by atoms with Crippen LogP contribution in [0.4, 0.5) is 0 Å². The number of aliphatic carboxylic acids is 1. The molecule has 0 aliphatic carbocycles. The standard InChI is InChI=1S/C11H20N2O3/c1-9(8-11(15)16)7-10(14)13-5-3-12(2)4-6-13/h9H,3-8H2,1-2H3,(H,15,16)/t9-/m1/s1. The molecule has 0 aromatic heterocycles. The molecule has 5 nitrogen and oxygen atoms in total. The Balaban J connectivity index is 2.32. The highest BCUT2D eigenvalue weighted by atomic mass is 16.4. The molecule has 1 heterocycles. The Labute approximate surface area is 96.0 Å². The van der Waals surface area contributed by atoms with E-state index in [2.05, 4.69) is 7.05 Å². The van der Waals surface area contributed by atoms with Gasteiger partial charge in [-0.1, -0.05) is 6.92 Å².